The van der Waals surface area contributed by atoms with Gasteiger partial charge < -0.3 is 19.9 Å². The van der Waals surface area contributed by atoms with E-state index in [9.17, 15) is 36.6 Å². The van der Waals surface area contributed by atoms with E-state index in [1.807, 2.05) is 0 Å². The SMILES string of the molecule is CCC(C(=O)O)C1C(=O)Nc2cc(Oc3ccc(C(F)(F)F)cc3OC(F)F)ccc21. The molecule has 31 heavy (non-hydrogen) atoms. The number of rotatable bonds is 7. The van der Waals surface area contributed by atoms with Crippen LogP contribution in [-0.4, -0.2) is 23.6 Å². The molecule has 0 aliphatic carbocycles. The molecule has 0 aromatic heterocycles. The van der Waals surface area contributed by atoms with Crippen LogP contribution in [0.25, 0.3) is 0 Å². The Hall–Kier alpha value is -3.37. The third kappa shape index (κ3) is 4.70. The monoisotopic (exact) mass is 445 g/mol. The Labute approximate surface area is 172 Å². The molecule has 2 aromatic rings. The van der Waals surface area contributed by atoms with Gasteiger partial charge in [-0.05, 0) is 36.2 Å². The van der Waals surface area contributed by atoms with Crippen LogP contribution in [0.15, 0.2) is 36.4 Å². The second kappa shape index (κ2) is 8.40. The molecule has 3 rings (SSSR count). The van der Waals surface area contributed by atoms with E-state index in [4.69, 9.17) is 4.74 Å². The molecule has 2 atom stereocenters. The van der Waals surface area contributed by atoms with Gasteiger partial charge in [-0.2, -0.15) is 22.0 Å². The van der Waals surface area contributed by atoms with Gasteiger partial charge in [-0.1, -0.05) is 13.0 Å². The van der Waals surface area contributed by atoms with Gasteiger partial charge in [0.15, 0.2) is 11.5 Å². The summed E-state index contributed by atoms with van der Waals surface area (Å²) in [5.74, 6) is -4.71. The van der Waals surface area contributed by atoms with Gasteiger partial charge >= 0.3 is 18.8 Å². The molecule has 0 bridgehead atoms. The molecule has 6 nitrogen and oxygen atoms in total. The van der Waals surface area contributed by atoms with E-state index < -0.39 is 53.6 Å². The molecule has 2 N–H and O–H groups in total. The first-order valence-electron chi connectivity index (χ1n) is 9.02. The first-order chi connectivity index (χ1) is 14.5. The summed E-state index contributed by atoms with van der Waals surface area (Å²) in [5, 5.41) is 11.9. The number of hydrogen-bond donors (Lipinski definition) is 2. The number of fused-ring (bicyclic) bond motifs is 1. The summed E-state index contributed by atoms with van der Waals surface area (Å²) >= 11 is 0. The smallest absolute Gasteiger partial charge is 0.416 e. The molecule has 166 valence electrons. The minimum atomic E-state index is -4.77. The first-order valence-corrected chi connectivity index (χ1v) is 9.02. The number of aliphatic carboxylic acids is 1. The van der Waals surface area contributed by atoms with Crippen LogP contribution in [0.1, 0.15) is 30.4 Å². The van der Waals surface area contributed by atoms with Crippen molar-refractivity contribution in [3.8, 4) is 17.2 Å². The second-order valence-corrected chi connectivity index (χ2v) is 6.71. The van der Waals surface area contributed by atoms with Gasteiger partial charge in [0.05, 0.1) is 17.4 Å². The molecule has 1 aliphatic heterocycles. The number of carboxylic acids is 1. The molecular weight excluding hydrogens is 429 g/mol. The quantitative estimate of drug-likeness (QED) is 0.569. The summed E-state index contributed by atoms with van der Waals surface area (Å²) in [5.41, 5.74) is -0.516. The average Bonchev–Trinajstić information content (AvgIpc) is 2.97. The van der Waals surface area contributed by atoms with E-state index in [0.29, 0.717) is 17.7 Å². The number of nitrogens with one attached hydrogen (secondary N) is 1. The van der Waals surface area contributed by atoms with Crippen molar-refractivity contribution in [2.24, 2.45) is 5.92 Å². The Kier molecular flexibility index (Phi) is 6.05. The number of amides is 1. The van der Waals surface area contributed by atoms with E-state index in [1.54, 1.807) is 6.92 Å². The predicted octanol–water partition coefficient (Wildman–Crippen LogP) is 5.25. The van der Waals surface area contributed by atoms with Crippen molar-refractivity contribution in [1.29, 1.82) is 0 Å². The van der Waals surface area contributed by atoms with Crippen molar-refractivity contribution in [2.45, 2.75) is 32.1 Å². The van der Waals surface area contributed by atoms with Crippen molar-refractivity contribution in [3.05, 3.63) is 47.5 Å². The minimum Gasteiger partial charge on any atom is -0.481 e. The molecule has 2 aromatic carbocycles. The second-order valence-electron chi connectivity index (χ2n) is 6.71. The van der Waals surface area contributed by atoms with Crippen LogP contribution in [0.4, 0.5) is 27.6 Å². The van der Waals surface area contributed by atoms with E-state index >= 15 is 0 Å². The number of ether oxygens (including phenoxy) is 2. The lowest BCUT2D eigenvalue weighted by atomic mass is 9.85. The average molecular weight is 445 g/mol. The fourth-order valence-electron chi connectivity index (χ4n) is 3.37. The van der Waals surface area contributed by atoms with Gasteiger partial charge in [-0.25, -0.2) is 0 Å². The summed E-state index contributed by atoms with van der Waals surface area (Å²) in [4.78, 5) is 23.7. The third-order valence-corrected chi connectivity index (χ3v) is 4.77. The Bertz CT molecular complexity index is 1010. The van der Waals surface area contributed by atoms with Gasteiger partial charge in [0.25, 0.3) is 0 Å². The Morgan fingerprint density at radius 1 is 1.16 bits per heavy atom. The fraction of sp³-hybridized carbons (Fsp3) is 0.300. The third-order valence-electron chi connectivity index (χ3n) is 4.77. The summed E-state index contributed by atoms with van der Waals surface area (Å²) in [6.45, 7) is -1.75. The maximum absolute atomic E-state index is 12.9. The normalized spacial score (nSPS) is 16.6. The number of halogens is 5. The van der Waals surface area contributed by atoms with Crippen LogP contribution in [0.5, 0.6) is 17.2 Å². The lowest BCUT2D eigenvalue weighted by Crippen LogP contribution is -2.26. The van der Waals surface area contributed by atoms with Crippen LogP contribution >= 0.6 is 0 Å². The van der Waals surface area contributed by atoms with Crippen molar-refractivity contribution in [1.82, 2.24) is 0 Å². The highest BCUT2D eigenvalue weighted by atomic mass is 19.4. The molecule has 0 spiro atoms. The molecule has 0 radical (unpaired) electrons. The van der Waals surface area contributed by atoms with Gasteiger partial charge in [0.1, 0.15) is 5.75 Å². The van der Waals surface area contributed by atoms with Crippen LogP contribution in [0.2, 0.25) is 0 Å². The van der Waals surface area contributed by atoms with Gasteiger partial charge in [-0.15, -0.1) is 0 Å². The first kappa shape index (κ1) is 22.3. The minimum absolute atomic E-state index is 0.0157. The number of hydrogen-bond acceptors (Lipinski definition) is 4. The molecular formula is C20H16F5NO5. The molecule has 0 fully saturated rings. The van der Waals surface area contributed by atoms with E-state index in [1.165, 1.54) is 18.2 Å². The zero-order valence-electron chi connectivity index (χ0n) is 15.9. The number of carbonyl (C=O) groups is 2. The number of carbonyl (C=O) groups excluding carboxylic acids is 1. The molecule has 1 aliphatic rings. The maximum atomic E-state index is 12.9. The molecule has 1 amide bonds. The largest absolute Gasteiger partial charge is 0.481 e. The van der Waals surface area contributed by atoms with Gasteiger partial charge in [-0.3, -0.25) is 9.59 Å². The van der Waals surface area contributed by atoms with Crippen molar-refractivity contribution >= 4 is 17.6 Å². The summed E-state index contributed by atoms with van der Waals surface area (Å²) in [6.07, 6.45) is -4.56. The number of alkyl halides is 5. The number of carboxylic acid groups (broad SMARTS) is 1. The van der Waals surface area contributed by atoms with Crippen molar-refractivity contribution in [2.75, 3.05) is 5.32 Å². The zero-order valence-corrected chi connectivity index (χ0v) is 15.9. The van der Waals surface area contributed by atoms with Gasteiger partial charge in [0, 0.05) is 11.8 Å². The van der Waals surface area contributed by atoms with Crippen LogP contribution < -0.4 is 14.8 Å². The summed E-state index contributed by atoms with van der Waals surface area (Å²) in [7, 11) is 0. The topological polar surface area (TPSA) is 84.9 Å². The molecule has 0 saturated heterocycles. The van der Waals surface area contributed by atoms with Crippen LogP contribution in [-0.2, 0) is 15.8 Å². The lowest BCUT2D eigenvalue weighted by molar-refractivity contribution is -0.144. The predicted molar refractivity (Wildman–Crippen MR) is 97.4 cm³/mol. The van der Waals surface area contributed by atoms with Crippen molar-refractivity contribution < 1.29 is 46.1 Å². The highest BCUT2D eigenvalue weighted by Gasteiger charge is 2.40. The lowest BCUT2D eigenvalue weighted by Gasteiger charge is -2.17. The van der Waals surface area contributed by atoms with Crippen LogP contribution in [0.3, 0.4) is 0 Å². The van der Waals surface area contributed by atoms with Crippen LogP contribution in [0, 0.1) is 5.92 Å². The molecule has 2 unspecified atom stereocenters. The Morgan fingerprint density at radius 3 is 2.45 bits per heavy atom. The number of anilines is 1. The Balaban J connectivity index is 1.92. The Morgan fingerprint density at radius 2 is 1.87 bits per heavy atom. The fourth-order valence-corrected chi connectivity index (χ4v) is 3.37. The zero-order chi connectivity index (χ0) is 22.9. The van der Waals surface area contributed by atoms with E-state index in [2.05, 4.69) is 10.1 Å². The van der Waals surface area contributed by atoms with Gasteiger partial charge in [0.2, 0.25) is 5.91 Å². The molecule has 1 heterocycles. The number of benzene rings is 2. The van der Waals surface area contributed by atoms with Crippen molar-refractivity contribution in [3.63, 3.8) is 0 Å². The summed E-state index contributed by atoms with van der Waals surface area (Å²) < 4.78 is 73.5. The molecule has 11 heteroatoms. The summed E-state index contributed by atoms with van der Waals surface area (Å²) in [6, 6.07) is 6.00. The highest BCUT2D eigenvalue weighted by molar-refractivity contribution is 6.05. The maximum Gasteiger partial charge on any atom is 0.416 e. The molecule has 0 saturated carbocycles. The van der Waals surface area contributed by atoms with E-state index in [-0.39, 0.29) is 17.9 Å². The standard InChI is InChI=1S/C20H16F5NO5/c1-2-11(18(28)29)16-12-5-4-10(8-13(12)26-17(16)27)30-14-6-3-9(20(23,24)25)7-15(14)31-19(21)22/h3-8,11,16,19H,2H2,1H3,(H,26,27)(H,28,29). The highest BCUT2D eigenvalue weighted by Crippen LogP contribution is 2.43. The van der Waals surface area contributed by atoms with E-state index in [0.717, 1.165) is 6.07 Å².